The summed E-state index contributed by atoms with van der Waals surface area (Å²) >= 11 is 5.72. The average molecular weight is 558 g/mol. The second-order valence-electron chi connectivity index (χ2n) is 8.26. The fourth-order valence-electron chi connectivity index (χ4n) is 3.94. The van der Waals surface area contributed by atoms with Gasteiger partial charge in [0.2, 0.25) is 16.5 Å². The van der Waals surface area contributed by atoms with E-state index in [2.05, 4.69) is 100 Å². The van der Waals surface area contributed by atoms with E-state index in [4.69, 9.17) is 30.9 Å². The summed E-state index contributed by atoms with van der Waals surface area (Å²) in [5.41, 5.74) is 10.9. The molecule has 1 aromatic heterocycles. The minimum atomic E-state index is -4.94. The maximum Gasteiger partial charge on any atom is 0.244 e. The van der Waals surface area contributed by atoms with E-state index < -0.39 is 10.2 Å². The minimum absolute atomic E-state index is 0.512. The first-order chi connectivity index (χ1) is 18.8. The van der Waals surface area contributed by atoms with Crippen LogP contribution in [0.15, 0.2) is 133 Å². The zero-order valence-corrected chi connectivity index (χ0v) is 22.1. The van der Waals surface area contributed by atoms with E-state index in [1.165, 1.54) is 0 Å². The van der Waals surface area contributed by atoms with Crippen LogP contribution in [0.4, 0.5) is 5.69 Å². The van der Waals surface area contributed by atoms with Gasteiger partial charge in [0, 0.05) is 28.9 Å². The summed E-state index contributed by atoms with van der Waals surface area (Å²) in [7, 11) is -4.94. The molecule has 5 aromatic rings. The summed E-state index contributed by atoms with van der Waals surface area (Å²) in [6.07, 6.45) is 0. The van der Waals surface area contributed by atoms with Gasteiger partial charge in [-0.25, -0.2) is 18.6 Å². The predicted molar refractivity (Wildman–Crippen MR) is 145 cm³/mol. The quantitative estimate of drug-likeness (QED) is 0.251. The molecule has 39 heavy (non-hydrogen) atoms. The van der Waals surface area contributed by atoms with Gasteiger partial charge in [-0.15, -0.1) is 15.7 Å². The number of benzene rings is 4. The molecule has 0 aliphatic rings. The fraction of sp³-hybridized carbons (Fsp3) is 0. The summed E-state index contributed by atoms with van der Waals surface area (Å²) in [5, 5.41) is 3.81. The van der Waals surface area contributed by atoms with Crippen molar-refractivity contribution in [1.29, 1.82) is 0 Å². The van der Waals surface area contributed by atoms with Crippen molar-refractivity contribution in [3.8, 4) is 33.6 Å². The van der Waals surface area contributed by atoms with Crippen molar-refractivity contribution >= 4 is 23.0 Å². The van der Waals surface area contributed by atoms with Crippen molar-refractivity contribution in [2.45, 2.75) is 0 Å². The van der Waals surface area contributed by atoms with Crippen LogP contribution in [-0.4, -0.2) is 5.11 Å². The first-order valence-electron chi connectivity index (χ1n) is 11.8. The number of hydrogen-bond donors (Lipinski definition) is 2. The van der Waals surface area contributed by atoms with Crippen molar-refractivity contribution in [2.75, 3.05) is 10.7 Å². The van der Waals surface area contributed by atoms with Crippen LogP contribution in [0.1, 0.15) is 0 Å². The zero-order chi connectivity index (χ0) is 27.7. The van der Waals surface area contributed by atoms with Gasteiger partial charge >= 0.3 is 0 Å². The van der Waals surface area contributed by atoms with Crippen LogP contribution < -0.4 is 34.1 Å². The molecule has 0 radical (unpaired) electrons. The van der Waals surface area contributed by atoms with E-state index in [1.807, 2.05) is 48.5 Å². The van der Waals surface area contributed by atoms with Gasteiger partial charge < -0.3 is 5.32 Å². The standard InChI is InChI=1S/C30H23N3S.ClHO4/c34-30(31-27-19-11-4-12-20-27)32-33-28(24-15-7-2-8-16-24)21-26(23-13-5-1-6-14-23)22-29(33)25-17-9-3-10-18-25;2-1(3,4)5/h1-22H,(H-,31,32,34);(H,2,3,4,5). The second kappa shape index (κ2) is 13.1. The lowest BCUT2D eigenvalue weighted by Crippen LogP contribution is -2.68. The smallest absolute Gasteiger partial charge is 0.244 e. The Labute approximate surface area is 234 Å². The highest BCUT2D eigenvalue weighted by Gasteiger charge is 2.24. The first-order valence-corrected chi connectivity index (χ1v) is 13.4. The largest absolute Gasteiger partial charge is 0.328 e. The molecule has 5 rings (SSSR count). The second-order valence-corrected chi connectivity index (χ2v) is 9.42. The maximum atomic E-state index is 8.49. The van der Waals surface area contributed by atoms with E-state index in [1.54, 1.807) is 0 Å². The molecule has 0 aliphatic heterocycles. The highest BCUT2D eigenvalue weighted by Crippen LogP contribution is 2.28. The van der Waals surface area contributed by atoms with E-state index in [9.17, 15) is 0 Å². The molecule has 0 saturated heterocycles. The Kier molecular flexibility index (Phi) is 9.35. The Morgan fingerprint density at radius 1 is 0.538 bits per heavy atom. The molecular formula is C30H24ClN3O4S. The minimum Gasteiger partial charge on any atom is -0.328 e. The predicted octanol–water partition coefficient (Wildman–Crippen LogP) is 2.16. The molecule has 2 N–H and O–H groups in total. The Bertz CT molecular complexity index is 1440. The maximum absolute atomic E-state index is 8.49. The van der Waals surface area contributed by atoms with Gasteiger partial charge in [-0.05, 0) is 59.7 Å². The van der Waals surface area contributed by atoms with Crippen molar-refractivity contribution in [2.24, 2.45) is 0 Å². The number of hydrogen-bond acceptors (Lipinski definition) is 5. The fourth-order valence-corrected chi connectivity index (χ4v) is 4.15. The molecule has 7 nitrogen and oxygen atoms in total. The van der Waals surface area contributed by atoms with E-state index in [-0.39, 0.29) is 0 Å². The van der Waals surface area contributed by atoms with E-state index >= 15 is 0 Å². The van der Waals surface area contributed by atoms with Crippen molar-refractivity contribution < 1.29 is 33.6 Å². The van der Waals surface area contributed by atoms with Crippen molar-refractivity contribution in [3.63, 3.8) is 0 Å². The summed E-state index contributed by atoms with van der Waals surface area (Å²) in [4.78, 5) is 0. The van der Waals surface area contributed by atoms with Crippen LogP contribution in [0.25, 0.3) is 33.6 Å². The molecule has 196 valence electrons. The van der Waals surface area contributed by atoms with Gasteiger partial charge in [0.15, 0.2) is 0 Å². The van der Waals surface area contributed by atoms with Crippen LogP contribution >= 0.6 is 12.2 Å². The third-order valence-electron chi connectivity index (χ3n) is 5.56. The summed E-state index contributed by atoms with van der Waals surface area (Å²) < 4.78 is 36.0. The van der Waals surface area contributed by atoms with Gasteiger partial charge in [0.05, 0.1) is 0 Å². The van der Waals surface area contributed by atoms with Crippen molar-refractivity contribution in [1.82, 2.24) is 0 Å². The Hall–Kier alpha value is -4.15. The highest BCUT2D eigenvalue weighted by molar-refractivity contribution is 7.80. The van der Waals surface area contributed by atoms with Crippen LogP contribution in [0.5, 0.6) is 0 Å². The SMILES string of the molecule is S=C(Nc1ccccc1)N[n+]1c(-c2ccccc2)cc(-c2ccccc2)cc1-c1ccccc1.[O-][Cl+3]([O-])([O-])[O-]. The Morgan fingerprint density at radius 2 is 0.897 bits per heavy atom. The molecule has 0 spiro atoms. The Balaban J connectivity index is 0.000000648. The van der Waals surface area contributed by atoms with Crippen LogP contribution in [-0.2, 0) is 0 Å². The average Bonchev–Trinajstić information content (AvgIpc) is 2.94. The van der Waals surface area contributed by atoms with Gasteiger partial charge in [0.1, 0.15) is 0 Å². The third-order valence-corrected chi connectivity index (χ3v) is 5.75. The number of nitrogens with one attached hydrogen (secondary N) is 2. The third kappa shape index (κ3) is 8.42. The summed E-state index contributed by atoms with van der Waals surface area (Å²) in [6, 6.07) is 45.5. The number of para-hydroxylation sites is 1. The van der Waals surface area contributed by atoms with E-state index in [0.29, 0.717) is 5.11 Å². The molecule has 0 bridgehead atoms. The van der Waals surface area contributed by atoms with Crippen molar-refractivity contribution in [3.05, 3.63) is 133 Å². The van der Waals surface area contributed by atoms with Crippen LogP contribution in [0.2, 0.25) is 0 Å². The lowest BCUT2D eigenvalue weighted by Gasteiger charge is -2.17. The molecule has 0 aliphatic carbocycles. The molecule has 1 heterocycles. The zero-order valence-electron chi connectivity index (χ0n) is 20.6. The molecule has 9 heteroatoms. The monoisotopic (exact) mass is 557 g/mol. The number of rotatable bonds is 5. The molecule has 0 saturated carbocycles. The van der Waals surface area contributed by atoms with Gasteiger partial charge in [-0.2, -0.15) is 0 Å². The highest BCUT2D eigenvalue weighted by atomic mass is 35.7. The topological polar surface area (TPSA) is 120 Å². The number of nitrogens with zero attached hydrogens (tertiary/aromatic N) is 1. The van der Waals surface area contributed by atoms with Crippen LogP contribution in [0.3, 0.4) is 0 Å². The number of pyridine rings is 1. The number of aromatic nitrogens is 1. The lowest BCUT2D eigenvalue weighted by molar-refractivity contribution is -2.00. The lowest BCUT2D eigenvalue weighted by atomic mass is 10.00. The van der Waals surface area contributed by atoms with E-state index in [0.717, 1.165) is 39.3 Å². The number of anilines is 1. The van der Waals surface area contributed by atoms with Crippen LogP contribution in [0, 0.1) is 10.2 Å². The molecule has 4 aromatic carbocycles. The first kappa shape index (κ1) is 27.9. The summed E-state index contributed by atoms with van der Waals surface area (Å²) in [6.45, 7) is 0. The molecule has 0 fully saturated rings. The summed E-state index contributed by atoms with van der Waals surface area (Å²) in [5.74, 6) is 0. The normalized spacial score (nSPS) is 10.7. The molecule has 0 unspecified atom stereocenters. The van der Waals surface area contributed by atoms with Gasteiger partial charge in [0.25, 0.3) is 0 Å². The van der Waals surface area contributed by atoms with Gasteiger partial charge in [-0.3, -0.25) is 0 Å². The number of thiocarbonyl (C=S) groups is 1. The Morgan fingerprint density at radius 3 is 1.31 bits per heavy atom. The molecule has 0 amide bonds. The molecular weight excluding hydrogens is 534 g/mol. The van der Waals surface area contributed by atoms with Gasteiger partial charge in [-0.1, -0.05) is 89.6 Å². The number of halogens is 1. The molecule has 0 atom stereocenters.